The van der Waals surface area contributed by atoms with Gasteiger partial charge >= 0.3 is 12.3 Å². The summed E-state index contributed by atoms with van der Waals surface area (Å²) in [5.41, 5.74) is -1.01. The molecular weight excluding hydrogens is 337 g/mol. The van der Waals surface area contributed by atoms with E-state index in [0.717, 1.165) is 5.56 Å². The van der Waals surface area contributed by atoms with Gasteiger partial charge in [0, 0.05) is 6.42 Å². The van der Waals surface area contributed by atoms with Crippen molar-refractivity contribution < 1.29 is 27.4 Å². The second-order valence-electron chi connectivity index (χ2n) is 6.44. The summed E-state index contributed by atoms with van der Waals surface area (Å²) in [4.78, 5) is 17.8. The number of ether oxygens (including phenoxy) is 2. The van der Waals surface area contributed by atoms with Crippen molar-refractivity contribution in [3.05, 3.63) is 53.6 Å². The maximum absolute atomic E-state index is 12.8. The quantitative estimate of drug-likeness (QED) is 0.809. The third kappa shape index (κ3) is 5.81. The Balaban J connectivity index is 2.22. The fourth-order valence-corrected chi connectivity index (χ4v) is 2.06. The van der Waals surface area contributed by atoms with Crippen molar-refractivity contribution in [3.63, 3.8) is 0 Å². The number of carbonyl (C=O) groups excluding carboxylic acids is 1. The predicted molar refractivity (Wildman–Crippen MR) is 83.8 cm³/mol. The number of halogens is 3. The first-order valence-electron chi connectivity index (χ1n) is 7.60. The highest BCUT2D eigenvalue weighted by atomic mass is 19.4. The maximum Gasteiger partial charge on any atom is 0.509 e. The maximum atomic E-state index is 12.8. The van der Waals surface area contributed by atoms with Crippen LogP contribution in [0.1, 0.15) is 44.0 Å². The van der Waals surface area contributed by atoms with Crippen LogP contribution in [0, 0.1) is 0 Å². The minimum Gasteiger partial charge on any atom is -0.429 e. The summed E-state index contributed by atoms with van der Waals surface area (Å²) in [7, 11) is 0. The van der Waals surface area contributed by atoms with Gasteiger partial charge in [-0.15, -0.1) is 0 Å². The first kappa shape index (κ1) is 18.8. The van der Waals surface area contributed by atoms with E-state index in [2.05, 4.69) is 9.97 Å². The Morgan fingerprint density at radius 2 is 1.84 bits per heavy atom. The van der Waals surface area contributed by atoms with Crippen LogP contribution in [0.3, 0.4) is 0 Å². The standard InChI is InChI=1S/C17H19F3N2O3/c1-16(2,3)25-15(23)24-12(9-11-7-5-4-6-8-11)14-21-10-13(22-14)17(18,19)20/h4-8,10,12H,9H2,1-3H3,(H,21,22)/t12-/m0/s1. The molecule has 2 aromatic rings. The highest BCUT2D eigenvalue weighted by molar-refractivity contribution is 5.61. The lowest BCUT2D eigenvalue weighted by Crippen LogP contribution is -2.26. The number of rotatable bonds is 4. The Morgan fingerprint density at radius 3 is 2.36 bits per heavy atom. The van der Waals surface area contributed by atoms with Crippen LogP contribution in [0.5, 0.6) is 0 Å². The molecule has 0 spiro atoms. The topological polar surface area (TPSA) is 64.2 Å². The molecule has 0 aliphatic rings. The van der Waals surface area contributed by atoms with Gasteiger partial charge in [-0.2, -0.15) is 13.2 Å². The first-order chi connectivity index (χ1) is 11.5. The van der Waals surface area contributed by atoms with Gasteiger partial charge in [-0.1, -0.05) is 30.3 Å². The number of H-pyrrole nitrogens is 1. The van der Waals surface area contributed by atoms with E-state index in [4.69, 9.17) is 9.47 Å². The molecule has 8 heteroatoms. The van der Waals surface area contributed by atoms with Gasteiger partial charge in [0.15, 0.2) is 6.10 Å². The molecule has 0 fully saturated rings. The number of nitrogens with zero attached hydrogens (tertiary/aromatic N) is 1. The minimum absolute atomic E-state index is 0.0953. The number of nitrogens with one attached hydrogen (secondary N) is 1. The number of aromatic nitrogens is 2. The van der Waals surface area contributed by atoms with Crippen molar-refractivity contribution in [2.24, 2.45) is 0 Å². The molecule has 0 radical (unpaired) electrons. The van der Waals surface area contributed by atoms with E-state index < -0.39 is 29.7 Å². The number of alkyl halides is 3. The number of imidazole rings is 1. The molecule has 0 saturated carbocycles. The number of carbonyl (C=O) groups is 1. The summed E-state index contributed by atoms with van der Waals surface area (Å²) in [6, 6.07) is 8.92. The second-order valence-corrected chi connectivity index (χ2v) is 6.44. The zero-order valence-corrected chi connectivity index (χ0v) is 14.1. The van der Waals surface area contributed by atoms with Crippen LogP contribution in [0.25, 0.3) is 0 Å². The van der Waals surface area contributed by atoms with Crippen molar-refractivity contribution in [3.8, 4) is 0 Å². The largest absolute Gasteiger partial charge is 0.509 e. The third-order valence-corrected chi connectivity index (χ3v) is 3.10. The van der Waals surface area contributed by atoms with Crippen LogP contribution < -0.4 is 0 Å². The fraction of sp³-hybridized carbons (Fsp3) is 0.412. The van der Waals surface area contributed by atoms with Crippen LogP contribution in [-0.2, 0) is 22.1 Å². The Morgan fingerprint density at radius 1 is 1.20 bits per heavy atom. The van der Waals surface area contributed by atoms with E-state index in [1.54, 1.807) is 45.0 Å². The van der Waals surface area contributed by atoms with Crippen LogP contribution in [0.15, 0.2) is 36.5 Å². The van der Waals surface area contributed by atoms with Crippen molar-refractivity contribution >= 4 is 6.16 Å². The molecule has 1 aromatic heterocycles. The van der Waals surface area contributed by atoms with Gasteiger partial charge < -0.3 is 14.5 Å². The molecule has 2 rings (SSSR count). The van der Waals surface area contributed by atoms with Crippen LogP contribution in [0.2, 0.25) is 0 Å². The Bertz CT molecular complexity index is 706. The first-order valence-corrected chi connectivity index (χ1v) is 7.60. The smallest absolute Gasteiger partial charge is 0.429 e. The fourth-order valence-electron chi connectivity index (χ4n) is 2.06. The monoisotopic (exact) mass is 356 g/mol. The van der Waals surface area contributed by atoms with Gasteiger partial charge in [0.1, 0.15) is 17.1 Å². The summed E-state index contributed by atoms with van der Waals surface area (Å²) in [5.74, 6) is -0.0953. The van der Waals surface area contributed by atoms with E-state index in [0.29, 0.717) is 6.20 Å². The van der Waals surface area contributed by atoms with Gasteiger partial charge in [-0.25, -0.2) is 9.78 Å². The zero-order valence-electron chi connectivity index (χ0n) is 14.1. The lowest BCUT2D eigenvalue weighted by Gasteiger charge is -2.22. The minimum atomic E-state index is -4.56. The van der Waals surface area contributed by atoms with Crippen molar-refractivity contribution in [1.29, 1.82) is 0 Å². The van der Waals surface area contributed by atoms with E-state index in [1.807, 2.05) is 6.07 Å². The molecule has 5 nitrogen and oxygen atoms in total. The summed E-state index contributed by atoms with van der Waals surface area (Å²) < 4.78 is 48.6. The predicted octanol–water partition coefficient (Wildman–Crippen LogP) is 4.66. The van der Waals surface area contributed by atoms with Crippen molar-refractivity contribution in [2.45, 2.75) is 45.1 Å². The Kier molecular flexibility index (Phi) is 5.39. The molecule has 136 valence electrons. The molecule has 0 unspecified atom stereocenters. The average molecular weight is 356 g/mol. The van der Waals surface area contributed by atoms with Gasteiger partial charge in [0.2, 0.25) is 0 Å². The summed E-state index contributed by atoms with van der Waals surface area (Å²) in [6.45, 7) is 4.99. The lowest BCUT2D eigenvalue weighted by molar-refractivity contribution is -0.141. The van der Waals surface area contributed by atoms with Crippen LogP contribution >= 0.6 is 0 Å². The van der Waals surface area contributed by atoms with E-state index >= 15 is 0 Å². The van der Waals surface area contributed by atoms with Crippen LogP contribution in [-0.4, -0.2) is 21.7 Å². The van der Waals surface area contributed by atoms with E-state index in [1.165, 1.54) is 0 Å². The Hall–Kier alpha value is -2.51. The normalized spacial score (nSPS) is 13.4. The molecule has 0 amide bonds. The number of aromatic amines is 1. The average Bonchev–Trinajstić information content (AvgIpc) is 2.95. The molecule has 25 heavy (non-hydrogen) atoms. The summed E-state index contributed by atoms with van der Waals surface area (Å²) in [6.07, 6.45) is -5.74. The van der Waals surface area contributed by atoms with Crippen molar-refractivity contribution in [1.82, 2.24) is 9.97 Å². The van der Waals surface area contributed by atoms with E-state index in [-0.39, 0.29) is 12.2 Å². The van der Waals surface area contributed by atoms with Crippen molar-refractivity contribution in [2.75, 3.05) is 0 Å². The molecule has 0 saturated heterocycles. The molecule has 0 bridgehead atoms. The van der Waals surface area contributed by atoms with Gasteiger partial charge in [-0.05, 0) is 26.3 Å². The molecule has 1 atom stereocenters. The summed E-state index contributed by atoms with van der Waals surface area (Å²) >= 11 is 0. The van der Waals surface area contributed by atoms with Gasteiger partial charge in [0.05, 0.1) is 6.20 Å². The number of benzene rings is 1. The molecule has 0 aliphatic heterocycles. The highest BCUT2D eigenvalue weighted by Crippen LogP contribution is 2.30. The molecular formula is C17H19F3N2O3. The lowest BCUT2D eigenvalue weighted by atomic mass is 10.1. The SMILES string of the molecule is CC(C)(C)OC(=O)O[C@@H](Cc1ccccc1)c1ncc(C(F)(F)F)[nH]1. The third-order valence-electron chi connectivity index (χ3n) is 3.10. The molecule has 1 N–H and O–H groups in total. The molecule has 1 aromatic carbocycles. The van der Waals surface area contributed by atoms with Crippen LogP contribution in [0.4, 0.5) is 18.0 Å². The highest BCUT2D eigenvalue weighted by Gasteiger charge is 2.34. The second kappa shape index (κ2) is 7.16. The number of hydrogen-bond acceptors (Lipinski definition) is 4. The van der Waals surface area contributed by atoms with Gasteiger partial charge in [0.25, 0.3) is 0 Å². The molecule has 1 heterocycles. The Labute approximate surface area is 143 Å². The van der Waals surface area contributed by atoms with E-state index in [9.17, 15) is 18.0 Å². The van der Waals surface area contributed by atoms with Gasteiger partial charge in [-0.3, -0.25) is 0 Å². The summed E-state index contributed by atoms with van der Waals surface area (Å²) in [5, 5.41) is 0. The molecule has 0 aliphatic carbocycles. The number of hydrogen-bond donors (Lipinski definition) is 1. The zero-order chi connectivity index (χ0) is 18.7.